The minimum Gasteiger partial charge on any atom is -0.367 e. The van der Waals surface area contributed by atoms with E-state index in [9.17, 15) is 13.2 Å². The van der Waals surface area contributed by atoms with Gasteiger partial charge in [-0.3, -0.25) is 0 Å². The Labute approximate surface area is 122 Å². The van der Waals surface area contributed by atoms with E-state index >= 15 is 0 Å². The fourth-order valence-electron chi connectivity index (χ4n) is 3.59. The Balaban J connectivity index is 1.64. The molecule has 0 spiro atoms. The molecular weight excluding hydrogens is 279 g/mol. The number of anilines is 1. The lowest BCUT2D eigenvalue weighted by Crippen LogP contribution is -2.52. The molecule has 2 atom stereocenters. The van der Waals surface area contributed by atoms with Crippen LogP contribution in [0.4, 0.5) is 19.0 Å². The van der Waals surface area contributed by atoms with Gasteiger partial charge in [-0.2, -0.15) is 13.2 Å². The number of nitrogens with zero attached hydrogens (tertiary/aromatic N) is 2. The molecule has 0 aromatic carbocycles. The summed E-state index contributed by atoms with van der Waals surface area (Å²) in [5, 5.41) is 3.30. The van der Waals surface area contributed by atoms with Crippen LogP contribution in [0.25, 0.3) is 0 Å². The van der Waals surface area contributed by atoms with Crippen LogP contribution >= 0.6 is 0 Å². The van der Waals surface area contributed by atoms with Gasteiger partial charge in [0.05, 0.1) is 5.56 Å². The largest absolute Gasteiger partial charge is 0.417 e. The van der Waals surface area contributed by atoms with Crippen molar-refractivity contribution in [3.63, 3.8) is 0 Å². The molecule has 2 unspecified atom stereocenters. The number of alkyl halides is 3. The fraction of sp³-hybridized carbons (Fsp3) is 0.667. The predicted octanol–water partition coefficient (Wildman–Crippen LogP) is 3.53. The quantitative estimate of drug-likeness (QED) is 0.905. The van der Waals surface area contributed by atoms with Gasteiger partial charge < -0.3 is 10.2 Å². The van der Waals surface area contributed by atoms with E-state index in [0.29, 0.717) is 23.9 Å². The van der Waals surface area contributed by atoms with Gasteiger partial charge in [-0.15, -0.1) is 0 Å². The normalized spacial score (nSPS) is 30.2. The summed E-state index contributed by atoms with van der Waals surface area (Å²) >= 11 is 0. The van der Waals surface area contributed by atoms with Crippen molar-refractivity contribution in [1.82, 2.24) is 9.88 Å². The Morgan fingerprint density at radius 3 is 2.38 bits per heavy atom. The fourth-order valence-corrected chi connectivity index (χ4v) is 3.59. The Morgan fingerprint density at radius 2 is 1.86 bits per heavy atom. The molecule has 3 heterocycles. The zero-order valence-corrected chi connectivity index (χ0v) is 12.0. The van der Waals surface area contributed by atoms with Gasteiger partial charge in [0.25, 0.3) is 0 Å². The highest BCUT2D eigenvalue weighted by atomic mass is 19.4. The molecule has 2 saturated heterocycles. The van der Waals surface area contributed by atoms with E-state index < -0.39 is 11.7 Å². The molecule has 3 nitrogen and oxygen atoms in total. The molecule has 0 aliphatic carbocycles. The highest BCUT2D eigenvalue weighted by molar-refractivity contribution is 5.37. The van der Waals surface area contributed by atoms with Gasteiger partial charge in [-0.25, -0.2) is 4.98 Å². The van der Waals surface area contributed by atoms with Crippen molar-refractivity contribution in [3.05, 3.63) is 23.9 Å². The van der Waals surface area contributed by atoms with E-state index in [2.05, 4.69) is 22.2 Å². The molecule has 1 aromatic heterocycles. The van der Waals surface area contributed by atoms with Crippen LogP contribution in [-0.2, 0) is 6.18 Å². The first kappa shape index (κ1) is 14.6. The topological polar surface area (TPSA) is 28.2 Å². The number of pyridine rings is 1. The van der Waals surface area contributed by atoms with Crippen molar-refractivity contribution < 1.29 is 13.2 Å². The van der Waals surface area contributed by atoms with E-state index in [1.807, 2.05) is 0 Å². The summed E-state index contributed by atoms with van der Waals surface area (Å²) < 4.78 is 37.5. The lowest BCUT2D eigenvalue weighted by atomic mass is 9.82. The highest BCUT2D eigenvalue weighted by Gasteiger charge is 2.36. The van der Waals surface area contributed by atoms with Crippen molar-refractivity contribution in [3.8, 4) is 0 Å². The minimum atomic E-state index is -4.32. The van der Waals surface area contributed by atoms with Crippen LogP contribution in [0, 0.1) is 0 Å². The van der Waals surface area contributed by atoms with E-state index in [-0.39, 0.29) is 0 Å². The van der Waals surface area contributed by atoms with Gasteiger partial charge >= 0.3 is 6.18 Å². The van der Waals surface area contributed by atoms with Crippen molar-refractivity contribution in [2.45, 2.75) is 56.4 Å². The molecule has 21 heavy (non-hydrogen) atoms. The summed E-state index contributed by atoms with van der Waals surface area (Å²) in [5.41, 5.74) is -0.701. The lowest BCUT2D eigenvalue weighted by molar-refractivity contribution is -0.137. The summed E-state index contributed by atoms with van der Waals surface area (Å²) in [7, 11) is 2.18. The second-order valence-corrected chi connectivity index (χ2v) is 6.15. The lowest BCUT2D eigenvalue weighted by Gasteiger charge is -2.47. The number of rotatable bonds is 2. The summed E-state index contributed by atoms with van der Waals surface area (Å²) in [5.74, 6) is 0.538. The van der Waals surface area contributed by atoms with E-state index in [1.165, 1.54) is 25.3 Å². The Kier molecular flexibility index (Phi) is 3.82. The van der Waals surface area contributed by atoms with Crippen LogP contribution < -0.4 is 5.32 Å². The molecule has 2 bridgehead atoms. The number of nitrogens with one attached hydrogen (secondary N) is 1. The van der Waals surface area contributed by atoms with E-state index in [0.717, 1.165) is 25.1 Å². The second-order valence-electron chi connectivity index (χ2n) is 6.15. The predicted molar refractivity (Wildman–Crippen MR) is 75.1 cm³/mol. The van der Waals surface area contributed by atoms with Crippen LogP contribution in [0.5, 0.6) is 0 Å². The number of hydrogen-bond acceptors (Lipinski definition) is 3. The second kappa shape index (κ2) is 5.48. The van der Waals surface area contributed by atoms with Gasteiger partial charge in [-0.05, 0) is 44.9 Å². The smallest absolute Gasteiger partial charge is 0.367 e. The maximum atomic E-state index is 12.5. The number of halogens is 3. The molecule has 1 N–H and O–H groups in total. The number of piperidine rings is 2. The summed E-state index contributed by atoms with van der Waals surface area (Å²) in [6, 6.07) is 4.00. The third-order valence-corrected chi connectivity index (χ3v) is 4.78. The molecule has 2 aliphatic heterocycles. The van der Waals surface area contributed by atoms with Crippen LogP contribution in [0.2, 0.25) is 0 Å². The third-order valence-electron chi connectivity index (χ3n) is 4.78. The Bertz CT molecular complexity index is 472. The minimum absolute atomic E-state index is 0.306. The molecule has 1 aromatic rings. The van der Waals surface area contributed by atoms with Gasteiger partial charge in [0, 0.05) is 24.3 Å². The number of aromatic nitrogens is 1. The Hall–Kier alpha value is -1.30. The van der Waals surface area contributed by atoms with Crippen LogP contribution in [0.15, 0.2) is 18.3 Å². The van der Waals surface area contributed by atoms with E-state index in [4.69, 9.17) is 0 Å². The summed E-state index contributed by atoms with van der Waals surface area (Å²) in [6.45, 7) is 0. The number of hydrogen-bond donors (Lipinski definition) is 1. The Morgan fingerprint density at radius 1 is 1.19 bits per heavy atom. The van der Waals surface area contributed by atoms with Crippen LogP contribution in [-0.4, -0.2) is 35.1 Å². The van der Waals surface area contributed by atoms with Crippen molar-refractivity contribution >= 4 is 5.82 Å². The average molecular weight is 299 g/mol. The van der Waals surface area contributed by atoms with Crippen molar-refractivity contribution in [2.24, 2.45) is 0 Å². The van der Waals surface area contributed by atoms with Crippen molar-refractivity contribution in [2.75, 3.05) is 12.4 Å². The van der Waals surface area contributed by atoms with Crippen molar-refractivity contribution in [1.29, 1.82) is 0 Å². The monoisotopic (exact) mass is 299 g/mol. The molecule has 6 heteroatoms. The SMILES string of the molecule is CN1C2CCCC1CC(Nc1ccc(C(F)(F)F)cn1)C2. The van der Waals surface area contributed by atoms with Gasteiger partial charge in [0.1, 0.15) is 5.82 Å². The van der Waals surface area contributed by atoms with Gasteiger partial charge in [-0.1, -0.05) is 6.42 Å². The highest BCUT2D eigenvalue weighted by Crippen LogP contribution is 2.34. The van der Waals surface area contributed by atoms with Gasteiger partial charge in [0.2, 0.25) is 0 Å². The molecule has 0 amide bonds. The van der Waals surface area contributed by atoms with E-state index in [1.54, 1.807) is 0 Å². The van der Waals surface area contributed by atoms with Gasteiger partial charge in [0.15, 0.2) is 0 Å². The first-order valence-electron chi connectivity index (χ1n) is 7.45. The molecule has 0 saturated carbocycles. The van der Waals surface area contributed by atoms with Crippen LogP contribution in [0.1, 0.15) is 37.7 Å². The zero-order valence-electron chi connectivity index (χ0n) is 12.0. The standard InChI is InChI=1S/C15H20F3N3/c1-21-12-3-2-4-13(21)8-11(7-12)20-14-6-5-10(9-19-14)15(16,17)18/h5-6,9,11-13H,2-4,7-8H2,1H3,(H,19,20). The summed E-state index contributed by atoms with van der Waals surface area (Å²) in [4.78, 5) is 6.37. The molecule has 0 radical (unpaired) electrons. The maximum Gasteiger partial charge on any atom is 0.417 e. The third kappa shape index (κ3) is 3.15. The first-order valence-corrected chi connectivity index (χ1v) is 7.45. The zero-order chi connectivity index (χ0) is 15.0. The van der Waals surface area contributed by atoms with Crippen LogP contribution in [0.3, 0.4) is 0 Å². The average Bonchev–Trinajstić information content (AvgIpc) is 2.39. The molecule has 3 rings (SSSR count). The molecule has 116 valence electrons. The molecular formula is C15H20F3N3. The first-order chi connectivity index (χ1) is 9.93. The number of fused-ring (bicyclic) bond motifs is 2. The molecule has 2 aliphatic rings. The maximum absolute atomic E-state index is 12.5. The summed E-state index contributed by atoms with van der Waals surface area (Å²) in [6.07, 6.45) is 2.36. The molecule has 2 fully saturated rings.